The first kappa shape index (κ1) is 10.0. The Labute approximate surface area is 79.1 Å². The zero-order valence-corrected chi connectivity index (χ0v) is 8.48. The van der Waals surface area contributed by atoms with E-state index in [4.69, 9.17) is 5.26 Å². The number of carbonyl (C=O) groups excluding carboxylic acids is 1. The Balaban J connectivity index is 2.58. The number of rotatable bonds is 3. The molecule has 0 aromatic rings. The Morgan fingerprint density at radius 1 is 1.69 bits per heavy atom. The van der Waals surface area contributed by atoms with Crippen LogP contribution in [0.4, 0.5) is 0 Å². The molecule has 1 rings (SSSR count). The first-order valence-corrected chi connectivity index (χ1v) is 4.70. The maximum Gasteiger partial charge on any atom is 0.227 e. The van der Waals surface area contributed by atoms with Gasteiger partial charge in [-0.15, -0.1) is 0 Å². The number of nitriles is 1. The van der Waals surface area contributed by atoms with E-state index in [1.165, 1.54) is 0 Å². The van der Waals surface area contributed by atoms with Crippen molar-refractivity contribution in [2.24, 2.45) is 5.41 Å². The second-order valence-corrected chi connectivity index (χ2v) is 4.31. The number of carbonyl (C=O) groups is 1. The summed E-state index contributed by atoms with van der Waals surface area (Å²) in [4.78, 5) is 11.6. The molecular weight excluding hydrogens is 164 g/mol. The van der Waals surface area contributed by atoms with Gasteiger partial charge in [0.2, 0.25) is 5.91 Å². The molecule has 1 amide bonds. The highest BCUT2D eigenvalue weighted by Gasteiger charge is 2.46. The normalized spacial score (nSPS) is 22.6. The summed E-state index contributed by atoms with van der Waals surface area (Å²) in [5, 5.41) is 11.7. The lowest BCUT2D eigenvalue weighted by Crippen LogP contribution is -2.47. The molecule has 1 aliphatic carbocycles. The summed E-state index contributed by atoms with van der Waals surface area (Å²) in [5.41, 5.74) is -0.879. The standard InChI is InChI=1S/C10H16N2O/c1-4-10(3,7-11)12-8(13)9(2)5-6-9/h4-6H2,1-3H3,(H,12,13). The van der Waals surface area contributed by atoms with E-state index in [0.717, 1.165) is 12.8 Å². The molecular formula is C10H16N2O. The summed E-state index contributed by atoms with van der Waals surface area (Å²) in [6, 6.07) is 2.13. The smallest absolute Gasteiger partial charge is 0.227 e. The Bertz CT molecular complexity index is 263. The fraction of sp³-hybridized carbons (Fsp3) is 0.800. The van der Waals surface area contributed by atoms with Gasteiger partial charge in [0.15, 0.2) is 0 Å². The summed E-state index contributed by atoms with van der Waals surface area (Å²) in [6.07, 6.45) is 2.54. The van der Waals surface area contributed by atoms with Crippen LogP contribution in [-0.4, -0.2) is 11.4 Å². The molecule has 0 radical (unpaired) electrons. The van der Waals surface area contributed by atoms with Gasteiger partial charge >= 0.3 is 0 Å². The van der Waals surface area contributed by atoms with Crippen molar-refractivity contribution < 1.29 is 4.79 Å². The number of hydrogen-bond donors (Lipinski definition) is 1. The molecule has 0 aromatic carbocycles. The molecule has 1 unspecified atom stereocenters. The molecule has 1 N–H and O–H groups in total. The van der Waals surface area contributed by atoms with Gasteiger partial charge in [-0.2, -0.15) is 5.26 Å². The number of amides is 1. The molecule has 72 valence electrons. The molecule has 0 bridgehead atoms. The molecule has 0 heterocycles. The highest BCUT2D eigenvalue weighted by Crippen LogP contribution is 2.45. The van der Waals surface area contributed by atoms with Gasteiger partial charge in [-0.05, 0) is 26.2 Å². The highest BCUT2D eigenvalue weighted by atomic mass is 16.2. The van der Waals surface area contributed by atoms with Gasteiger partial charge in [0, 0.05) is 5.41 Å². The SMILES string of the molecule is CCC(C)(C#N)NC(=O)C1(C)CC1. The summed E-state index contributed by atoms with van der Waals surface area (Å²) in [6.45, 7) is 5.60. The molecule has 0 aliphatic heterocycles. The van der Waals surface area contributed by atoms with Crippen molar-refractivity contribution in [3.63, 3.8) is 0 Å². The van der Waals surface area contributed by atoms with Gasteiger partial charge in [-0.25, -0.2) is 0 Å². The van der Waals surface area contributed by atoms with Crippen LogP contribution in [0.2, 0.25) is 0 Å². The maximum atomic E-state index is 11.6. The molecule has 1 atom stereocenters. The van der Waals surface area contributed by atoms with Crippen molar-refractivity contribution in [2.75, 3.05) is 0 Å². The van der Waals surface area contributed by atoms with Crippen LogP contribution in [0.15, 0.2) is 0 Å². The summed E-state index contributed by atoms with van der Waals surface area (Å²) in [7, 11) is 0. The second kappa shape index (κ2) is 3.02. The highest BCUT2D eigenvalue weighted by molar-refractivity contribution is 5.85. The van der Waals surface area contributed by atoms with Crippen LogP contribution >= 0.6 is 0 Å². The zero-order chi connectivity index (χ0) is 10.1. The van der Waals surface area contributed by atoms with Gasteiger partial charge < -0.3 is 5.32 Å². The van der Waals surface area contributed by atoms with Crippen LogP contribution < -0.4 is 5.32 Å². The summed E-state index contributed by atoms with van der Waals surface area (Å²) in [5.74, 6) is 0.0263. The van der Waals surface area contributed by atoms with Crippen molar-refractivity contribution in [3.8, 4) is 6.07 Å². The van der Waals surface area contributed by atoms with Gasteiger partial charge in [-0.3, -0.25) is 4.79 Å². The lowest BCUT2D eigenvalue weighted by Gasteiger charge is -2.23. The minimum absolute atomic E-state index is 0.0263. The van der Waals surface area contributed by atoms with Crippen molar-refractivity contribution in [3.05, 3.63) is 0 Å². The van der Waals surface area contributed by atoms with Crippen LogP contribution in [0.3, 0.4) is 0 Å². The van der Waals surface area contributed by atoms with Gasteiger partial charge in [0.1, 0.15) is 5.54 Å². The summed E-state index contributed by atoms with van der Waals surface area (Å²) >= 11 is 0. The predicted octanol–water partition coefficient (Wildman–Crippen LogP) is 1.59. The van der Waals surface area contributed by atoms with E-state index in [9.17, 15) is 4.79 Å². The quantitative estimate of drug-likeness (QED) is 0.717. The third-order valence-corrected chi connectivity index (χ3v) is 2.89. The van der Waals surface area contributed by atoms with E-state index in [-0.39, 0.29) is 11.3 Å². The lowest BCUT2D eigenvalue weighted by molar-refractivity contribution is -0.127. The summed E-state index contributed by atoms with van der Waals surface area (Å²) < 4.78 is 0. The average Bonchev–Trinajstić information content (AvgIpc) is 2.85. The van der Waals surface area contributed by atoms with E-state index < -0.39 is 5.54 Å². The molecule has 0 spiro atoms. The Hall–Kier alpha value is -1.04. The Morgan fingerprint density at radius 3 is 2.54 bits per heavy atom. The molecule has 1 fully saturated rings. The van der Waals surface area contributed by atoms with Gasteiger partial charge in [0.05, 0.1) is 6.07 Å². The van der Waals surface area contributed by atoms with Crippen LogP contribution in [0.5, 0.6) is 0 Å². The van der Waals surface area contributed by atoms with E-state index >= 15 is 0 Å². The molecule has 1 saturated carbocycles. The molecule has 1 aliphatic rings. The van der Waals surface area contributed by atoms with Crippen molar-refractivity contribution in [2.45, 2.75) is 45.6 Å². The lowest BCUT2D eigenvalue weighted by atomic mass is 9.99. The van der Waals surface area contributed by atoms with Crippen LogP contribution in [0, 0.1) is 16.7 Å². The molecule has 3 heteroatoms. The topological polar surface area (TPSA) is 52.9 Å². The van der Waals surface area contributed by atoms with Crippen LogP contribution in [-0.2, 0) is 4.79 Å². The second-order valence-electron chi connectivity index (χ2n) is 4.31. The fourth-order valence-corrected chi connectivity index (χ4v) is 1.01. The van der Waals surface area contributed by atoms with E-state index in [2.05, 4.69) is 11.4 Å². The zero-order valence-electron chi connectivity index (χ0n) is 8.48. The van der Waals surface area contributed by atoms with Crippen LogP contribution in [0.1, 0.15) is 40.0 Å². The largest absolute Gasteiger partial charge is 0.338 e. The monoisotopic (exact) mass is 180 g/mol. The average molecular weight is 180 g/mol. The van der Waals surface area contributed by atoms with Crippen molar-refractivity contribution >= 4 is 5.91 Å². The first-order valence-electron chi connectivity index (χ1n) is 4.70. The molecule has 3 nitrogen and oxygen atoms in total. The van der Waals surface area contributed by atoms with Gasteiger partial charge in [-0.1, -0.05) is 13.8 Å². The predicted molar refractivity (Wildman–Crippen MR) is 49.8 cm³/mol. The van der Waals surface area contributed by atoms with E-state index in [1.54, 1.807) is 6.92 Å². The third kappa shape index (κ3) is 2.00. The van der Waals surface area contributed by atoms with E-state index in [1.807, 2.05) is 13.8 Å². The Kier molecular flexibility index (Phi) is 2.34. The number of nitrogens with zero attached hydrogens (tertiary/aromatic N) is 1. The minimum atomic E-state index is -0.692. The molecule has 0 aromatic heterocycles. The number of hydrogen-bond acceptors (Lipinski definition) is 2. The third-order valence-electron chi connectivity index (χ3n) is 2.89. The minimum Gasteiger partial charge on any atom is -0.338 e. The molecule has 13 heavy (non-hydrogen) atoms. The number of nitrogens with one attached hydrogen (secondary N) is 1. The van der Waals surface area contributed by atoms with E-state index in [0.29, 0.717) is 6.42 Å². The van der Waals surface area contributed by atoms with Gasteiger partial charge in [0.25, 0.3) is 0 Å². The Morgan fingerprint density at radius 2 is 2.23 bits per heavy atom. The molecule has 0 saturated heterocycles. The maximum absolute atomic E-state index is 11.6. The van der Waals surface area contributed by atoms with Crippen molar-refractivity contribution in [1.82, 2.24) is 5.32 Å². The van der Waals surface area contributed by atoms with Crippen LogP contribution in [0.25, 0.3) is 0 Å². The van der Waals surface area contributed by atoms with Crippen molar-refractivity contribution in [1.29, 1.82) is 5.26 Å². The first-order chi connectivity index (χ1) is 5.96. The fourth-order valence-electron chi connectivity index (χ4n) is 1.01.